The molecule has 0 unspecified atom stereocenters. The van der Waals surface area contributed by atoms with E-state index in [-0.39, 0.29) is 23.2 Å². The molecule has 0 amide bonds. The molecule has 1 aromatic carbocycles. The minimum Gasteiger partial charge on any atom is -0.258 e. The van der Waals surface area contributed by atoms with Gasteiger partial charge in [0.15, 0.2) is 0 Å². The monoisotopic (exact) mass is 311 g/mol. The van der Waals surface area contributed by atoms with Crippen molar-refractivity contribution in [3.63, 3.8) is 0 Å². The third-order valence-corrected chi connectivity index (χ3v) is 3.36. The van der Waals surface area contributed by atoms with Crippen molar-refractivity contribution in [1.29, 1.82) is 0 Å². The number of rotatable bonds is 3. The average Bonchev–Trinajstić information content (AvgIpc) is 2.67. The number of hydrogen-bond donors (Lipinski definition) is 0. The SMILES string of the molecule is CC(C)(C)c1nn(Cc2cccc(F)c2)c(Cl)c1[N+](=O)[O-]. The molecule has 1 heterocycles. The van der Waals surface area contributed by atoms with E-state index < -0.39 is 10.3 Å². The number of nitro groups is 1. The molecule has 0 aliphatic carbocycles. The van der Waals surface area contributed by atoms with E-state index in [2.05, 4.69) is 5.10 Å². The standard InChI is InChI=1S/C14H15ClFN3O2/c1-14(2,3)12-11(19(20)21)13(15)18(17-12)8-9-5-4-6-10(16)7-9/h4-7H,8H2,1-3H3. The summed E-state index contributed by atoms with van der Waals surface area (Å²) in [5.74, 6) is -0.374. The molecule has 0 saturated heterocycles. The lowest BCUT2D eigenvalue weighted by atomic mass is 9.91. The molecule has 2 aromatic rings. The van der Waals surface area contributed by atoms with Crippen LogP contribution in [0.4, 0.5) is 10.1 Å². The van der Waals surface area contributed by atoms with Crippen molar-refractivity contribution in [2.24, 2.45) is 0 Å². The quantitative estimate of drug-likeness (QED) is 0.637. The molecule has 0 fully saturated rings. The van der Waals surface area contributed by atoms with Crippen molar-refractivity contribution >= 4 is 17.3 Å². The van der Waals surface area contributed by atoms with Crippen molar-refractivity contribution in [2.75, 3.05) is 0 Å². The fourth-order valence-corrected chi connectivity index (χ4v) is 2.27. The number of benzene rings is 1. The third-order valence-electron chi connectivity index (χ3n) is 2.98. The first-order valence-corrected chi connectivity index (χ1v) is 6.73. The summed E-state index contributed by atoms with van der Waals surface area (Å²) in [5, 5.41) is 15.4. The van der Waals surface area contributed by atoms with E-state index in [0.717, 1.165) is 0 Å². The highest BCUT2D eigenvalue weighted by atomic mass is 35.5. The Morgan fingerprint density at radius 3 is 2.57 bits per heavy atom. The molecule has 0 N–H and O–H groups in total. The van der Waals surface area contributed by atoms with Crippen LogP contribution in [0.3, 0.4) is 0 Å². The van der Waals surface area contributed by atoms with Crippen LogP contribution in [-0.4, -0.2) is 14.7 Å². The van der Waals surface area contributed by atoms with E-state index in [1.165, 1.54) is 16.8 Å². The van der Waals surface area contributed by atoms with Crippen LogP contribution in [0.5, 0.6) is 0 Å². The fourth-order valence-electron chi connectivity index (χ4n) is 2.01. The summed E-state index contributed by atoms with van der Waals surface area (Å²) in [4.78, 5) is 10.7. The van der Waals surface area contributed by atoms with Crippen LogP contribution in [0.1, 0.15) is 32.0 Å². The summed E-state index contributed by atoms with van der Waals surface area (Å²) in [7, 11) is 0. The minimum atomic E-state index is -0.530. The Morgan fingerprint density at radius 2 is 2.10 bits per heavy atom. The third kappa shape index (κ3) is 3.21. The van der Waals surface area contributed by atoms with E-state index in [1.807, 2.05) is 20.8 Å². The van der Waals surface area contributed by atoms with Gasteiger partial charge in [-0.2, -0.15) is 5.10 Å². The van der Waals surface area contributed by atoms with Gasteiger partial charge in [0.2, 0.25) is 5.15 Å². The van der Waals surface area contributed by atoms with Crippen LogP contribution in [0.2, 0.25) is 5.15 Å². The second kappa shape index (κ2) is 5.44. The van der Waals surface area contributed by atoms with Crippen LogP contribution in [0.25, 0.3) is 0 Å². The van der Waals surface area contributed by atoms with Gasteiger partial charge in [0.05, 0.1) is 11.5 Å². The molecule has 0 aliphatic rings. The Kier molecular flexibility index (Phi) is 4.00. The highest BCUT2D eigenvalue weighted by Crippen LogP contribution is 2.36. The maximum atomic E-state index is 13.2. The molecule has 0 bridgehead atoms. The maximum Gasteiger partial charge on any atom is 0.329 e. The van der Waals surface area contributed by atoms with E-state index in [1.54, 1.807) is 12.1 Å². The molecule has 0 radical (unpaired) electrons. The molecule has 112 valence electrons. The predicted molar refractivity (Wildman–Crippen MR) is 78.1 cm³/mol. The number of halogens is 2. The summed E-state index contributed by atoms with van der Waals surface area (Å²) in [6.07, 6.45) is 0. The van der Waals surface area contributed by atoms with Gasteiger partial charge in [-0.15, -0.1) is 0 Å². The van der Waals surface area contributed by atoms with E-state index >= 15 is 0 Å². The first kappa shape index (κ1) is 15.4. The zero-order valence-corrected chi connectivity index (χ0v) is 12.7. The Morgan fingerprint density at radius 1 is 1.43 bits per heavy atom. The number of hydrogen-bond acceptors (Lipinski definition) is 3. The molecule has 21 heavy (non-hydrogen) atoms. The molecular weight excluding hydrogens is 297 g/mol. The molecule has 5 nitrogen and oxygen atoms in total. The van der Waals surface area contributed by atoms with Crippen molar-refractivity contribution in [1.82, 2.24) is 9.78 Å². The lowest BCUT2D eigenvalue weighted by molar-refractivity contribution is -0.385. The van der Waals surface area contributed by atoms with Gasteiger partial charge in [-0.25, -0.2) is 9.07 Å². The van der Waals surface area contributed by atoms with Crippen LogP contribution in [0, 0.1) is 15.9 Å². The van der Waals surface area contributed by atoms with E-state index in [0.29, 0.717) is 11.3 Å². The molecule has 2 rings (SSSR count). The molecule has 1 aromatic heterocycles. The van der Waals surface area contributed by atoms with Gasteiger partial charge >= 0.3 is 5.69 Å². The normalized spacial score (nSPS) is 11.7. The van der Waals surface area contributed by atoms with Crippen molar-refractivity contribution < 1.29 is 9.31 Å². The van der Waals surface area contributed by atoms with Crippen LogP contribution < -0.4 is 0 Å². The molecule has 0 aliphatic heterocycles. The first-order chi connectivity index (χ1) is 9.70. The minimum absolute atomic E-state index is 0.0470. The highest BCUT2D eigenvalue weighted by Gasteiger charge is 2.33. The second-order valence-corrected chi connectivity index (χ2v) is 6.14. The lowest BCUT2D eigenvalue weighted by Gasteiger charge is -2.13. The van der Waals surface area contributed by atoms with Gasteiger partial charge in [0.1, 0.15) is 11.5 Å². The van der Waals surface area contributed by atoms with Gasteiger partial charge in [0.25, 0.3) is 0 Å². The van der Waals surface area contributed by atoms with Gasteiger partial charge in [-0.05, 0) is 17.7 Å². The topological polar surface area (TPSA) is 61.0 Å². The number of aromatic nitrogens is 2. The van der Waals surface area contributed by atoms with Crippen LogP contribution in [0.15, 0.2) is 24.3 Å². The van der Waals surface area contributed by atoms with Gasteiger partial charge in [-0.1, -0.05) is 44.5 Å². The second-order valence-electron chi connectivity index (χ2n) is 5.78. The zero-order valence-electron chi connectivity index (χ0n) is 11.9. The summed E-state index contributed by atoms with van der Waals surface area (Å²) in [5.41, 5.74) is 0.239. The van der Waals surface area contributed by atoms with Crippen LogP contribution in [-0.2, 0) is 12.0 Å². The average molecular weight is 312 g/mol. The van der Waals surface area contributed by atoms with Crippen LogP contribution >= 0.6 is 11.6 Å². The Hall–Kier alpha value is -1.95. The molecule has 0 spiro atoms. The van der Waals surface area contributed by atoms with Gasteiger partial charge in [0, 0.05) is 5.41 Å². The zero-order chi connectivity index (χ0) is 15.8. The lowest BCUT2D eigenvalue weighted by Crippen LogP contribution is -2.14. The van der Waals surface area contributed by atoms with Crippen molar-refractivity contribution in [3.05, 3.63) is 56.6 Å². The Labute approximate surface area is 126 Å². The Balaban J connectivity index is 2.48. The fraction of sp³-hybridized carbons (Fsp3) is 0.357. The summed E-state index contributed by atoms with van der Waals surface area (Å²) >= 11 is 6.09. The summed E-state index contributed by atoms with van der Waals surface area (Å²) in [6.45, 7) is 5.65. The molecular formula is C14H15ClFN3O2. The number of nitrogens with zero attached hydrogens (tertiary/aromatic N) is 3. The van der Waals surface area contributed by atoms with Crippen molar-refractivity contribution in [2.45, 2.75) is 32.7 Å². The van der Waals surface area contributed by atoms with Crippen molar-refractivity contribution in [3.8, 4) is 0 Å². The van der Waals surface area contributed by atoms with Gasteiger partial charge in [-0.3, -0.25) is 10.1 Å². The predicted octanol–water partition coefficient (Wildman–Crippen LogP) is 3.93. The smallest absolute Gasteiger partial charge is 0.258 e. The van der Waals surface area contributed by atoms with E-state index in [9.17, 15) is 14.5 Å². The largest absolute Gasteiger partial charge is 0.329 e. The maximum absolute atomic E-state index is 13.2. The summed E-state index contributed by atoms with van der Waals surface area (Å²) in [6, 6.07) is 5.96. The first-order valence-electron chi connectivity index (χ1n) is 6.36. The molecule has 0 atom stereocenters. The van der Waals surface area contributed by atoms with E-state index in [4.69, 9.17) is 11.6 Å². The summed E-state index contributed by atoms with van der Waals surface area (Å²) < 4.78 is 14.5. The highest BCUT2D eigenvalue weighted by molar-refractivity contribution is 6.31. The van der Waals surface area contributed by atoms with Gasteiger partial charge < -0.3 is 0 Å². The molecule has 0 saturated carbocycles. The Bertz CT molecular complexity index is 692. The molecule has 7 heteroatoms.